The highest BCUT2D eigenvalue weighted by atomic mass is 79.9. The minimum atomic E-state index is -0.836. The van der Waals surface area contributed by atoms with Crippen LogP contribution in [-0.2, 0) is 16.0 Å². The van der Waals surface area contributed by atoms with Crippen LogP contribution in [0.2, 0.25) is 0 Å². The number of carbonyl (C=O) groups is 2. The van der Waals surface area contributed by atoms with Gasteiger partial charge in [-0.25, -0.2) is 4.79 Å². The second-order valence-corrected chi connectivity index (χ2v) is 8.89. The molecule has 6 nitrogen and oxygen atoms in total. The van der Waals surface area contributed by atoms with Gasteiger partial charge < -0.3 is 19.2 Å². The summed E-state index contributed by atoms with van der Waals surface area (Å²) in [6.45, 7) is 6.40. The Morgan fingerprint density at radius 1 is 1.41 bits per heavy atom. The number of ether oxygens (including phenoxy) is 1. The summed E-state index contributed by atoms with van der Waals surface area (Å²) in [6.07, 6.45) is 2.32. The minimum absolute atomic E-state index is 0.0986. The molecule has 2 atom stereocenters. The molecule has 27 heavy (non-hydrogen) atoms. The predicted molar refractivity (Wildman–Crippen MR) is 105 cm³/mol. The molecule has 1 aromatic carbocycles. The largest absolute Gasteiger partial charge is 0.481 e. The van der Waals surface area contributed by atoms with E-state index < -0.39 is 17.5 Å². The van der Waals surface area contributed by atoms with Crippen molar-refractivity contribution in [3.05, 3.63) is 34.5 Å². The third kappa shape index (κ3) is 4.64. The summed E-state index contributed by atoms with van der Waals surface area (Å²) < 4.78 is 11.7. The molecule has 1 saturated heterocycles. The quantitative estimate of drug-likeness (QED) is 0.749. The van der Waals surface area contributed by atoms with Gasteiger partial charge in [0, 0.05) is 18.5 Å². The predicted octanol–water partition coefficient (Wildman–Crippen LogP) is 4.70. The first-order chi connectivity index (χ1) is 12.6. The highest BCUT2D eigenvalue weighted by Gasteiger charge is 2.37. The minimum Gasteiger partial charge on any atom is -0.481 e. The van der Waals surface area contributed by atoms with Gasteiger partial charge in [0.25, 0.3) is 0 Å². The number of fused-ring (bicyclic) bond motifs is 1. The number of hydrogen-bond acceptors (Lipinski definition) is 4. The van der Waals surface area contributed by atoms with Gasteiger partial charge >= 0.3 is 12.1 Å². The second-order valence-electron chi connectivity index (χ2n) is 8.04. The lowest BCUT2D eigenvalue weighted by Gasteiger charge is -2.25. The van der Waals surface area contributed by atoms with Crippen LogP contribution in [0.25, 0.3) is 11.0 Å². The van der Waals surface area contributed by atoms with Gasteiger partial charge in [-0.15, -0.1) is 0 Å². The molecule has 0 saturated carbocycles. The Kier molecular flexibility index (Phi) is 5.51. The number of carboxylic acids is 1. The first-order valence-corrected chi connectivity index (χ1v) is 9.79. The van der Waals surface area contributed by atoms with Gasteiger partial charge in [-0.05, 0) is 73.2 Å². The van der Waals surface area contributed by atoms with Crippen molar-refractivity contribution < 1.29 is 23.8 Å². The van der Waals surface area contributed by atoms with Crippen LogP contribution in [0.4, 0.5) is 4.79 Å². The van der Waals surface area contributed by atoms with Crippen molar-refractivity contribution in [1.82, 2.24) is 4.90 Å². The van der Waals surface area contributed by atoms with Crippen molar-refractivity contribution in [2.75, 3.05) is 13.1 Å². The SMILES string of the molecule is CC(C)(C)OC(=O)N1CCC(C(Cc2ccc3occ(Br)c3c2)C(=O)O)C1. The number of benzene rings is 1. The van der Waals surface area contributed by atoms with Crippen molar-refractivity contribution in [3.8, 4) is 0 Å². The molecule has 0 radical (unpaired) electrons. The number of amides is 1. The van der Waals surface area contributed by atoms with Gasteiger partial charge in [-0.2, -0.15) is 0 Å². The molecule has 7 heteroatoms. The Morgan fingerprint density at radius 3 is 2.81 bits per heavy atom. The Labute approximate surface area is 166 Å². The number of aliphatic carboxylic acids is 1. The van der Waals surface area contributed by atoms with Crippen LogP contribution in [0.1, 0.15) is 32.8 Å². The highest BCUT2D eigenvalue weighted by molar-refractivity contribution is 9.10. The van der Waals surface area contributed by atoms with Crippen molar-refractivity contribution in [2.45, 2.75) is 39.2 Å². The number of carboxylic acid groups (broad SMARTS) is 1. The summed E-state index contributed by atoms with van der Waals surface area (Å²) in [5.74, 6) is -1.49. The van der Waals surface area contributed by atoms with Gasteiger partial charge in [-0.1, -0.05) is 6.07 Å². The van der Waals surface area contributed by atoms with E-state index in [2.05, 4.69) is 15.9 Å². The number of carbonyl (C=O) groups excluding carboxylic acids is 1. The molecule has 0 spiro atoms. The van der Waals surface area contributed by atoms with Gasteiger partial charge in [0.05, 0.1) is 10.4 Å². The molecule has 1 amide bonds. The average molecular weight is 438 g/mol. The van der Waals surface area contributed by atoms with Crippen LogP contribution >= 0.6 is 15.9 Å². The van der Waals surface area contributed by atoms with E-state index in [0.29, 0.717) is 25.9 Å². The summed E-state index contributed by atoms with van der Waals surface area (Å²) in [7, 11) is 0. The normalized spacial score (nSPS) is 18.7. The standard InChI is InChI=1S/C20H24BrNO5/c1-20(2,3)27-19(25)22-7-6-13(10-22)14(18(23)24)8-12-4-5-17-15(9-12)16(21)11-26-17/h4-5,9,11,13-14H,6-8,10H2,1-3H3,(H,23,24). The van der Waals surface area contributed by atoms with Crippen LogP contribution in [0, 0.1) is 11.8 Å². The number of rotatable bonds is 4. The fourth-order valence-corrected chi connectivity index (χ4v) is 3.89. The van der Waals surface area contributed by atoms with E-state index in [-0.39, 0.29) is 12.0 Å². The van der Waals surface area contributed by atoms with Crippen LogP contribution in [0.15, 0.2) is 33.4 Å². The van der Waals surface area contributed by atoms with E-state index in [1.165, 1.54) is 0 Å². The van der Waals surface area contributed by atoms with Crippen LogP contribution in [0.3, 0.4) is 0 Å². The number of furan rings is 1. The van der Waals surface area contributed by atoms with Crippen molar-refractivity contribution >= 4 is 39.0 Å². The molecule has 1 fully saturated rings. The molecule has 146 valence electrons. The van der Waals surface area contributed by atoms with E-state index in [1.54, 1.807) is 11.2 Å². The molecule has 2 unspecified atom stereocenters. The van der Waals surface area contributed by atoms with E-state index in [1.807, 2.05) is 39.0 Å². The molecule has 3 rings (SSSR count). The Balaban J connectivity index is 1.71. The lowest BCUT2D eigenvalue weighted by molar-refractivity contribution is -0.143. The number of hydrogen-bond donors (Lipinski definition) is 1. The first kappa shape index (κ1) is 19.7. The summed E-state index contributed by atoms with van der Waals surface area (Å²) in [4.78, 5) is 25.8. The molecular formula is C20H24BrNO5. The maximum atomic E-state index is 12.3. The summed E-state index contributed by atoms with van der Waals surface area (Å²) in [5, 5.41) is 10.7. The smallest absolute Gasteiger partial charge is 0.410 e. The highest BCUT2D eigenvalue weighted by Crippen LogP contribution is 2.31. The average Bonchev–Trinajstić information content (AvgIpc) is 3.18. The van der Waals surface area contributed by atoms with Gasteiger partial charge in [-0.3, -0.25) is 4.79 Å². The van der Waals surface area contributed by atoms with Gasteiger partial charge in [0.15, 0.2) is 0 Å². The van der Waals surface area contributed by atoms with E-state index in [9.17, 15) is 14.7 Å². The number of likely N-dealkylation sites (tertiary alicyclic amines) is 1. The number of halogens is 1. The topological polar surface area (TPSA) is 80.0 Å². The van der Waals surface area contributed by atoms with E-state index >= 15 is 0 Å². The third-order valence-corrected chi connectivity index (χ3v) is 5.42. The maximum Gasteiger partial charge on any atom is 0.410 e. The van der Waals surface area contributed by atoms with Crippen LogP contribution < -0.4 is 0 Å². The Bertz CT molecular complexity index is 854. The van der Waals surface area contributed by atoms with Crippen molar-refractivity contribution in [1.29, 1.82) is 0 Å². The summed E-state index contributed by atoms with van der Waals surface area (Å²) in [5.41, 5.74) is 1.14. The van der Waals surface area contributed by atoms with Crippen molar-refractivity contribution in [2.24, 2.45) is 11.8 Å². The Hall–Kier alpha value is -2.02. The second kappa shape index (κ2) is 7.54. The number of nitrogens with zero attached hydrogens (tertiary/aromatic N) is 1. The molecular weight excluding hydrogens is 414 g/mol. The third-order valence-electron chi connectivity index (χ3n) is 4.81. The molecule has 2 aromatic rings. The van der Waals surface area contributed by atoms with E-state index in [0.717, 1.165) is 21.0 Å². The summed E-state index contributed by atoms with van der Waals surface area (Å²) in [6, 6.07) is 5.71. The van der Waals surface area contributed by atoms with Gasteiger partial charge in [0.2, 0.25) is 0 Å². The lowest BCUT2D eigenvalue weighted by atomic mass is 9.86. The fourth-order valence-electron chi connectivity index (χ4n) is 3.49. The van der Waals surface area contributed by atoms with Crippen LogP contribution in [0.5, 0.6) is 0 Å². The molecule has 0 aliphatic carbocycles. The monoisotopic (exact) mass is 437 g/mol. The zero-order chi connectivity index (χ0) is 19.8. The van der Waals surface area contributed by atoms with E-state index in [4.69, 9.17) is 9.15 Å². The first-order valence-electron chi connectivity index (χ1n) is 9.00. The molecule has 0 bridgehead atoms. The fraction of sp³-hybridized carbons (Fsp3) is 0.500. The maximum absolute atomic E-state index is 12.3. The summed E-state index contributed by atoms with van der Waals surface area (Å²) >= 11 is 3.44. The molecule has 1 aliphatic rings. The molecule has 1 N–H and O–H groups in total. The molecule has 2 heterocycles. The lowest BCUT2D eigenvalue weighted by Crippen LogP contribution is -2.36. The molecule has 1 aliphatic heterocycles. The zero-order valence-electron chi connectivity index (χ0n) is 15.7. The Morgan fingerprint density at radius 2 is 2.15 bits per heavy atom. The van der Waals surface area contributed by atoms with Crippen LogP contribution in [-0.4, -0.2) is 40.8 Å². The van der Waals surface area contributed by atoms with Crippen molar-refractivity contribution in [3.63, 3.8) is 0 Å². The zero-order valence-corrected chi connectivity index (χ0v) is 17.3. The van der Waals surface area contributed by atoms with Gasteiger partial charge in [0.1, 0.15) is 17.4 Å². The molecule has 1 aromatic heterocycles.